The molecule has 1 aromatic rings. The van der Waals surface area contributed by atoms with E-state index in [-0.39, 0.29) is 5.69 Å². The molecule has 0 radical (unpaired) electrons. The van der Waals surface area contributed by atoms with E-state index in [1.165, 1.54) is 19.2 Å². The fourth-order valence-electron chi connectivity index (χ4n) is 1.67. The van der Waals surface area contributed by atoms with Crippen LogP contribution in [0.2, 0.25) is 0 Å². The normalized spacial score (nSPS) is 16.9. The van der Waals surface area contributed by atoms with Crippen molar-refractivity contribution in [3.8, 4) is 5.75 Å². The van der Waals surface area contributed by atoms with Gasteiger partial charge in [-0.15, -0.1) is 0 Å². The van der Waals surface area contributed by atoms with Crippen LogP contribution in [0.3, 0.4) is 0 Å². The van der Waals surface area contributed by atoms with Crippen LogP contribution in [0.1, 0.15) is 18.4 Å². The molecule has 0 amide bonds. The summed E-state index contributed by atoms with van der Waals surface area (Å²) in [6, 6.07) is 4.47. The Hall–Kier alpha value is -1.62. The molecular weight excluding hydrogens is 210 g/mol. The van der Waals surface area contributed by atoms with Crippen molar-refractivity contribution in [2.45, 2.75) is 24.9 Å². The maximum atomic E-state index is 10.6. The van der Waals surface area contributed by atoms with E-state index < -0.39 is 10.5 Å². The number of nitrogens with zero attached hydrogens (tertiary/aromatic N) is 1. The number of ether oxygens (including phenoxy) is 1. The third-order valence-corrected chi connectivity index (χ3v) is 2.83. The summed E-state index contributed by atoms with van der Waals surface area (Å²) in [5, 5.41) is 20.4. The fraction of sp³-hybridized carbons (Fsp3) is 0.455. The van der Waals surface area contributed by atoms with Gasteiger partial charge in [-0.05, 0) is 24.5 Å². The van der Waals surface area contributed by atoms with Gasteiger partial charge in [0.1, 0.15) is 5.75 Å². The zero-order valence-corrected chi connectivity index (χ0v) is 8.97. The zero-order chi connectivity index (χ0) is 11.8. The minimum absolute atomic E-state index is 0.00314. The summed E-state index contributed by atoms with van der Waals surface area (Å²) in [5.41, 5.74) is 0.195. The van der Waals surface area contributed by atoms with Gasteiger partial charge in [0.05, 0.1) is 23.7 Å². The Morgan fingerprint density at radius 1 is 1.56 bits per heavy atom. The average molecular weight is 223 g/mol. The second kappa shape index (κ2) is 3.75. The third-order valence-electron chi connectivity index (χ3n) is 2.83. The van der Waals surface area contributed by atoms with Crippen molar-refractivity contribution in [1.29, 1.82) is 0 Å². The van der Waals surface area contributed by atoms with E-state index in [4.69, 9.17) is 4.74 Å². The second-order valence-electron chi connectivity index (χ2n) is 4.15. The van der Waals surface area contributed by atoms with Crippen LogP contribution >= 0.6 is 0 Å². The highest BCUT2D eigenvalue weighted by Crippen LogP contribution is 2.40. The van der Waals surface area contributed by atoms with Gasteiger partial charge in [-0.3, -0.25) is 10.1 Å². The van der Waals surface area contributed by atoms with Crippen molar-refractivity contribution in [3.05, 3.63) is 33.9 Å². The van der Waals surface area contributed by atoms with E-state index in [0.29, 0.717) is 12.2 Å². The molecule has 1 saturated carbocycles. The number of nitro groups is 1. The second-order valence-corrected chi connectivity index (χ2v) is 4.15. The molecule has 0 unspecified atom stereocenters. The van der Waals surface area contributed by atoms with Crippen LogP contribution < -0.4 is 4.74 Å². The first-order chi connectivity index (χ1) is 7.54. The first kappa shape index (κ1) is 10.9. The molecular formula is C11H13NO4. The van der Waals surface area contributed by atoms with Gasteiger partial charge in [0.15, 0.2) is 0 Å². The molecule has 1 N–H and O–H groups in total. The Labute approximate surface area is 92.8 Å². The minimum Gasteiger partial charge on any atom is -0.496 e. The van der Waals surface area contributed by atoms with Crippen LogP contribution in [0.4, 0.5) is 5.69 Å². The lowest BCUT2D eigenvalue weighted by Gasteiger charge is -2.11. The summed E-state index contributed by atoms with van der Waals surface area (Å²) in [7, 11) is 1.47. The smallest absolute Gasteiger partial charge is 0.273 e. The molecule has 1 aliphatic rings. The van der Waals surface area contributed by atoms with E-state index in [1.807, 2.05) is 0 Å². The van der Waals surface area contributed by atoms with Gasteiger partial charge in [0.25, 0.3) is 5.69 Å². The van der Waals surface area contributed by atoms with Crippen molar-refractivity contribution in [2.75, 3.05) is 7.11 Å². The lowest BCUT2D eigenvalue weighted by molar-refractivity contribution is -0.384. The van der Waals surface area contributed by atoms with Crippen molar-refractivity contribution >= 4 is 5.69 Å². The van der Waals surface area contributed by atoms with Gasteiger partial charge in [0, 0.05) is 12.5 Å². The quantitative estimate of drug-likeness (QED) is 0.622. The van der Waals surface area contributed by atoms with E-state index in [2.05, 4.69) is 0 Å². The number of rotatable bonds is 4. The topological polar surface area (TPSA) is 72.6 Å². The highest BCUT2D eigenvalue weighted by atomic mass is 16.6. The Morgan fingerprint density at radius 3 is 2.75 bits per heavy atom. The van der Waals surface area contributed by atoms with Crippen molar-refractivity contribution in [2.24, 2.45) is 0 Å². The lowest BCUT2D eigenvalue weighted by atomic mass is 10.0. The van der Waals surface area contributed by atoms with Crippen LogP contribution in [-0.4, -0.2) is 22.7 Å². The summed E-state index contributed by atoms with van der Waals surface area (Å²) in [6.45, 7) is 0. The van der Waals surface area contributed by atoms with E-state index >= 15 is 0 Å². The van der Waals surface area contributed by atoms with Crippen molar-refractivity contribution in [1.82, 2.24) is 0 Å². The number of hydrogen-bond donors (Lipinski definition) is 1. The predicted molar refractivity (Wildman–Crippen MR) is 57.5 cm³/mol. The van der Waals surface area contributed by atoms with E-state index in [9.17, 15) is 15.2 Å². The summed E-state index contributed by atoms with van der Waals surface area (Å²) in [5.74, 6) is 0.467. The molecule has 2 rings (SSSR count). The van der Waals surface area contributed by atoms with Gasteiger partial charge in [-0.1, -0.05) is 0 Å². The Morgan fingerprint density at radius 2 is 2.25 bits per heavy atom. The molecule has 16 heavy (non-hydrogen) atoms. The molecule has 5 nitrogen and oxygen atoms in total. The van der Waals surface area contributed by atoms with Gasteiger partial charge in [-0.2, -0.15) is 0 Å². The van der Waals surface area contributed by atoms with Crippen LogP contribution in [0.25, 0.3) is 0 Å². The van der Waals surface area contributed by atoms with Gasteiger partial charge >= 0.3 is 0 Å². The number of aliphatic hydroxyl groups is 1. The molecule has 0 atom stereocenters. The average Bonchev–Trinajstić information content (AvgIpc) is 2.96. The van der Waals surface area contributed by atoms with Gasteiger partial charge < -0.3 is 9.84 Å². The molecule has 0 spiro atoms. The molecule has 86 valence electrons. The van der Waals surface area contributed by atoms with Crippen LogP contribution in [-0.2, 0) is 6.42 Å². The zero-order valence-electron chi connectivity index (χ0n) is 8.97. The number of hydrogen-bond acceptors (Lipinski definition) is 4. The number of nitro benzene ring substituents is 1. The fourth-order valence-corrected chi connectivity index (χ4v) is 1.67. The Balaban J connectivity index is 2.27. The summed E-state index contributed by atoms with van der Waals surface area (Å²) in [4.78, 5) is 10.1. The predicted octanol–water partition coefficient (Wildman–Crippen LogP) is 1.67. The van der Waals surface area contributed by atoms with Crippen LogP contribution in [0.5, 0.6) is 5.75 Å². The first-order valence-electron chi connectivity index (χ1n) is 5.08. The van der Waals surface area contributed by atoms with E-state index in [1.54, 1.807) is 6.07 Å². The number of methoxy groups -OCH3 is 1. The Kier molecular flexibility index (Phi) is 2.55. The first-order valence-corrected chi connectivity index (χ1v) is 5.08. The standard InChI is InChI=1S/C11H13NO4/c1-16-10-6-9(12(14)15)3-2-8(10)7-11(13)4-5-11/h2-3,6,13H,4-5,7H2,1H3. The lowest BCUT2D eigenvalue weighted by Crippen LogP contribution is -2.11. The van der Waals surface area contributed by atoms with Crippen LogP contribution in [0, 0.1) is 10.1 Å². The van der Waals surface area contributed by atoms with Gasteiger partial charge in [-0.25, -0.2) is 0 Å². The number of benzene rings is 1. The third kappa shape index (κ3) is 2.14. The monoisotopic (exact) mass is 223 g/mol. The molecule has 1 fully saturated rings. The molecule has 0 heterocycles. The Bertz CT molecular complexity index is 426. The molecule has 0 saturated heterocycles. The molecule has 0 aromatic heterocycles. The molecule has 5 heteroatoms. The van der Waals surface area contributed by atoms with E-state index in [0.717, 1.165) is 18.4 Å². The summed E-state index contributed by atoms with van der Waals surface area (Å²) >= 11 is 0. The largest absolute Gasteiger partial charge is 0.496 e. The van der Waals surface area contributed by atoms with Crippen LogP contribution in [0.15, 0.2) is 18.2 Å². The summed E-state index contributed by atoms with van der Waals surface area (Å²) < 4.78 is 5.09. The minimum atomic E-state index is -0.622. The van der Waals surface area contributed by atoms with Gasteiger partial charge in [0.2, 0.25) is 0 Å². The molecule has 0 aliphatic heterocycles. The molecule has 1 aliphatic carbocycles. The van der Waals surface area contributed by atoms with Crippen molar-refractivity contribution < 1.29 is 14.8 Å². The maximum absolute atomic E-state index is 10.6. The number of non-ortho nitro benzene ring substituents is 1. The maximum Gasteiger partial charge on any atom is 0.273 e. The molecule has 0 bridgehead atoms. The summed E-state index contributed by atoms with van der Waals surface area (Å²) in [6.07, 6.45) is 2.06. The SMILES string of the molecule is COc1cc([N+](=O)[O-])ccc1CC1(O)CC1. The molecule has 1 aromatic carbocycles. The highest BCUT2D eigenvalue weighted by Gasteiger charge is 2.40. The van der Waals surface area contributed by atoms with Crippen molar-refractivity contribution in [3.63, 3.8) is 0 Å². The highest BCUT2D eigenvalue weighted by molar-refractivity contribution is 5.45.